The molecule has 166 valence electrons. The number of halogens is 1. The van der Waals surface area contributed by atoms with E-state index < -0.39 is 0 Å². The maximum Gasteiger partial charge on any atom is 0.257 e. The summed E-state index contributed by atoms with van der Waals surface area (Å²) in [6.45, 7) is 4.80. The van der Waals surface area contributed by atoms with Crippen molar-refractivity contribution < 1.29 is 4.79 Å². The van der Waals surface area contributed by atoms with Crippen LogP contribution in [0.25, 0.3) is 16.9 Å². The van der Waals surface area contributed by atoms with Crippen molar-refractivity contribution in [1.29, 1.82) is 0 Å². The number of anilines is 1. The van der Waals surface area contributed by atoms with E-state index in [-0.39, 0.29) is 5.91 Å². The molecule has 0 spiro atoms. The molecular formula is C27H25ClN4O. The van der Waals surface area contributed by atoms with Gasteiger partial charge in [0.2, 0.25) is 0 Å². The highest BCUT2D eigenvalue weighted by Crippen LogP contribution is 2.28. The standard InChI is InChI=1S/C27H25ClN4O/c1-20-11-13-22(14-12-20)32-19-23(26(29-32)21-7-3-2-4-8-21)27(33)31-17-15-30(16-18-31)25-10-6-5-9-24(25)28/h2-14,19H,15-18H2,1H3. The minimum atomic E-state index is 0.00558. The highest BCUT2D eigenvalue weighted by atomic mass is 35.5. The molecule has 0 N–H and O–H groups in total. The second-order valence-electron chi connectivity index (χ2n) is 8.27. The molecule has 0 atom stereocenters. The fourth-order valence-corrected chi connectivity index (χ4v) is 4.45. The third-order valence-corrected chi connectivity index (χ3v) is 6.37. The Labute approximate surface area is 198 Å². The van der Waals surface area contributed by atoms with Crippen LogP contribution in [0, 0.1) is 6.92 Å². The van der Waals surface area contributed by atoms with E-state index in [9.17, 15) is 4.79 Å². The monoisotopic (exact) mass is 456 g/mol. The molecule has 0 unspecified atom stereocenters. The number of piperazine rings is 1. The van der Waals surface area contributed by atoms with Gasteiger partial charge in [0.05, 0.1) is 22.0 Å². The molecule has 33 heavy (non-hydrogen) atoms. The SMILES string of the molecule is Cc1ccc(-n2cc(C(=O)N3CCN(c4ccccc4Cl)CC3)c(-c3ccccc3)n2)cc1. The lowest BCUT2D eigenvalue weighted by Gasteiger charge is -2.36. The van der Waals surface area contributed by atoms with Gasteiger partial charge in [-0.15, -0.1) is 0 Å². The van der Waals surface area contributed by atoms with Crippen LogP contribution in [0.3, 0.4) is 0 Å². The molecule has 1 aromatic heterocycles. The summed E-state index contributed by atoms with van der Waals surface area (Å²) in [5.41, 5.74) is 5.38. The number of hydrogen-bond acceptors (Lipinski definition) is 3. The van der Waals surface area contributed by atoms with Crippen molar-refractivity contribution in [1.82, 2.24) is 14.7 Å². The minimum Gasteiger partial charge on any atom is -0.367 e. The predicted molar refractivity (Wildman–Crippen MR) is 133 cm³/mol. The van der Waals surface area contributed by atoms with Gasteiger partial charge in [-0.3, -0.25) is 4.79 Å². The Kier molecular flexibility index (Phi) is 5.88. The van der Waals surface area contributed by atoms with Crippen molar-refractivity contribution in [2.24, 2.45) is 0 Å². The Morgan fingerprint density at radius 3 is 2.21 bits per heavy atom. The van der Waals surface area contributed by atoms with Gasteiger partial charge in [0.25, 0.3) is 5.91 Å². The lowest BCUT2D eigenvalue weighted by atomic mass is 10.1. The third-order valence-electron chi connectivity index (χ3n) is 6.05. The van der Waals surface area contributed by atoms with Crippen LogP contribution in [0.4, 0.5) is 5.69 Å². The van der Waals surface area contributed by atoms with Crippen LogP contribution in [0.15, 0.2) is 85.1 Å². The Hall–Kier alpha value is -3.57. The third kappa shape index (κ3) is 4.37. The number of para-hydroxylation sites is 1. The quantitative estimate of drug-likeness (QED) is 0.409. The first kappa shape index (κ1) is 21.3. The maximum absolute atomic E-state index is 13.6. The first-order chi connectivity index (χ1) is 16.1. The fourth-order valence-electron chi connectivity index (χ4n) is 4.20. The molecule has 5 rings (SSSR count). The smallest absolute Gasteiger partial charge is 0.257 e. The molecule has 1 aliphatic heterocycles. The minimum absolute atomic E-state index is 0.00558. The molecule has 0 radical (unpaired) electrons. The Morgan fingerprint density at radius 2 is 1.52 bits per heavy atom. The summed E-state index contributed by atoms with van der Waals surface area (Å²) in [6.07, 6.45) is 1.86. The first-order valence-corrected chi connectivity index (χ1v) is 11.5. The van der Waals surface area contributed by atoms with Gasteiger partial charge in [-0.05, 0) is 31.2 Å². The van der Waals surface area contributed by atoms with Crippen LogP contribution in [0.5, 0.6) is 0 Å². The van der Waals surface area contributed by atoms with Crippen LogP contribution in [0.2, 0.25) is 5.02 Å². The molecule has 3 aromatic carbocycles. The van der Waals surface area contributed by atoms with Crippen LogP contribution < -0.4 is 4.90 Å². The number of rotatable bonds is 4. The highest BCUT2D eigenvalue weighted by Gasteiger charge is 2.27. The van der Waals surface area contributed by atoms with Crippen LogP contribution in [-0.4, -0.2) is 46.8 Å². The number of carbonyl (C=O) groups excluding carboxylic acids is 1. The van der Waals surface area contributed by atoms with E-state index in [2.05, 4.69) is 24.0 Å². The number of aryl methyl sites for hydroxylation is 1. The van der Waals surface area contributed by atoms with E-state index in [0.717, 1.165) is 35.1 Å². The second-order valence-corrected chi connectivity index (χ2v) is 8.68. The van der Waals surface area contributed by atoms with Crippen LogP contribution in [-0.2, 0) is 0 Å². The molecule has 1 fully saturated rings. The predicted octanol–water partition coefficient (Wildman–Crippen LogP) is 5.46. The van der Waals surface area contributed by atoms with Gasteiger partial charge in [0.15, 0.2) is 0 Å². The van der Waals surface area contributed by atoms with E-state index in [1.807, 2.05) is 77.8 Å². The molecule has 0 aliphatic carbocycles. The average molecular weight is 457 g/mol. The number of amides is 1. The molecule has 1 saturated heterocycles. The number of hydrogen-bond donors (Lipinski definition) is 0. The van der Waals surface area contributed by atoms with E-state index in [0.29, 0.717) is 24.3 Å². The summed E-state index contributed by atoms with van der Waals surface area (Å²) in [6, 6.07) is 25.9. The van der Waals surface area contributed by atoms with E-state index in [1.165, 1.54) is 5.56 Å². The average Bonchev–Trinajstić information content (AvgIpc) is 3.31. The maximum atomic E-state index is 13.6. The Bertz CT molecular complexity index is 1260. The van der Waals surface area contributed by atoms with Gasteiger partial charge in [-0.25, -0.2) is 4.68 Å². The number of benzene rings is 3. The van der Waals surface area contributed by atoms with Crippen molar-refractivity contribution in [2.45, 2.75) is 6.92 Å². The van der Waals surface area contributed by atoms with E-state index in [4.69, 9.17) is 16.7 Å². The lowest BCUT2D eigenvalue weighted by Crippen LogP contribution is -2.48. The summed E-state index contributed by atoms with van der Waals surface area (Å²) in [5.74, 6) is 0.00558. The van der Waals surface area contributed by atoms with Gasteiger partial charge in [0, 0.05) is 37.9 Å². The molecule has 2 heterocycles. The summed E-state index contributed by atoms with van der Waals surface area (Å²) in [7, 11) is 0. The van der Waals surface area contributed by atoms with Crippen molar-refractivity contribution in [3.8, 4) is 16.9 Å². The van der Waals surface area contributed by atoms with Gasteiger partial charge in [-0.2, -0.15) is 5.10 Å². The molecule has 1 aliphatic rings. The van der Waals surface area contributed by atoms with Crippen LogP contribution >= 0.6 is 11.6 Å². The van der Waals surface area contributed by atoms with Crippen molar-refractivity contribution in [3.63, 3.8) is 0 Å². The Morgan fingerprint density at radius 1 is 0.848 bits per heavy atom. The molecule has 1 amide bonds. The molecule has 0 bridgehead atoms. The van der Waals surface area contributed by atoms with Gasteiger partial charge < -0.3 is 9.80 Å². The largest absolute Gasteiger partial charge is 0.367 e. The summed E-state index contributed by atoms with van der Waals surface area (Å²) < 4.78 is 1.80. The summed E-state index contributed by atoms with van der Waals surface area (Å²) in [5, 5.41) is 5.55. The van der Waals surface area contributed by atoms with E-state index >= 15 is 0 Å². The number of carbonyl (C=O) groups is 1. The van der Waals surface area contributed by atoms with E-state index in [1.54, 1.807) is 4.68 Å². The summed E-state index contributed by atoms with van der Waals surface area (Å²) >= 11 is 6.38. The number of aromatic nitrogens is 2. The summed E-state index contributed by atoms with van der Waals surface area (Å²) in [4.78, 5) is 17.8. The first-order valence-electron chi connectivity index (χ1n) is 11.1. The zero-order chi connectivity index (χ0) is 22.8. The molecule has 0 saturated carbocycles. The van der Waals surface area contributed by atoms with Gasteiger partial charge in [-0.1, -0.05) is 71.8 Å². The highest BCUT2D eigenvalue weighted by molar-refractivity contribution is 6.33. The fraction of sp³-hybridized carbons (Fsp3) is 0.185. The zero-order valence-corrected chi connectivity index (χ0v) is 19.2. The molecule has 4 aromatic rings. The Balaban J connectivity index is 1.42. The molecule has 6 heteroatoms. The second kappa shape index (κ2) is 9.12. The van der Waals surface area contributed by atoms with Gasteiger partial charge in [0.1, 0.15) is 5.69 Å². The van der Waals surface area contributed by atoms with Gasteiger partial charge >= 0.3 is 0 Å². The number of nitrogens with zero attached hydrogens (tertiary/aromatic N) is 4. The van der Waals surface area contributed by atoms with Crippen molar-refractivity contribution >= 4 is 23.2 Å². The zero-order valence-electron chi connectivity index (χ0n) is 18.5. The lowest BCUT2D eigenvalue weighted by molar-refractivity contribution is 0.0747. The van der Waals surface area contributed by atoms with Crippen molar-refractivity contribution in [3.05, 3.63) is 101 Å². The van der Waals surface area contributed by atoms with Crippen molar-refractivity contribution in [2.75, 3.05) is 31.1 Å². The van der Waals surface area contributed by atoms with Crippen LogP contribution in [0.1, 0.15) is 15.9 Å². The molecular weight excluding hydrogens is 432 g/mol. The normalized spacial score (nSPS) is 13.9. The topological polar surface area (TPSA) is 41.4 Å². The molecule has 5 nitrogen and oxygen atoms in total.